The fourth-order valence-electron chi connectivity index (χ4n) is 3.17. The zero-order chi connectivity index (χ0) is 20.8. The van der Waals surface area contributed by atoms with Crippen molar-refractivity contribution in [1.29, 1.82) is 0 Å². The molecule has 2 aromatic rings. The summed E-state index contributed by atoms with van der Waals surface area (Å²) in [6, 6.07) is 17.0. The van der Waals surface area contributed by atoms with Crippen molar-refractivity contribution >= 4 is 17.5 Å². The first kappa shape index (κ1) is 21.5. The van der Waals surface area contributed by atoms with Crippen molar-refractivity contribution in [3.63, 3.8) is 0 Å². The van der Waals surface area contributed by atoms with Crippen LogP contribution in [0.15, 0.2) is 60.7 Å². The summed E-state index contributed by atoms with van der Waals surface area (Å²) in [4.78, 5) is 26.5. The first-order valence-corrected chi connectivity index (χ1v) is 9.33. The smallest absolute Gasteiger partial charge is 0.326 e. The summed E-state index contributed by atoms with van der Waals surface area (Å²) in [7, 11) is 0. The predicted molar refractivity (Wildman–Crippen MR) is 106 cm³/mol. The number of amides is 2. The second-order valence-corrected chi connectivity index (χ2v) is 6.88. The number of alkyl halides is 2. The highest BCUT2D eigenvalue weighted by molar-refractivity contribution is 5.99. The van der Waals surface area contributed by atoms with E-state index in [9.17, 15) is 18.4 Å². The number of carbonyl (C=O) groups excluding carboxylic acids is 2. The summed E-state index contributed by atoms with van der Waals surface area (Å²) in [5, 5.41) is 2.70. The van der Waals surface area contributed by atoms with E-state index in [1.165, 1.54) is 6.92 Å². The molecule has 0 spiro atoms. The van der Waals surface area contributed by atoms with E-state index in [2.05, 4.69) is 5.32 Å². The van der Waals surface area contributed by atoms with Crippen LogP contribution in [0.1, 0.15) is 32.8 Å². The molecule has 0 aliphatic heterocycles. The first-order valence-electron chi connectivity index (χ1n) is 9.33. The van der Waals surface area contributed by atoms with Gasteiger partial charge < -0.3 is 10.2 Å². The van der Waals surface area contributed by atoms with Gasteiger partial charge in [0, 0.05) is 25.2 Å². The number of rotatable bonds is 8. The van der Waals surface area contributed by atoms with Crippen LogP contribution in [0.2, 0.25) is 0 Å². The molecule has 0 aliphatic carbocycles. The van der Waals surface area contributed by atoms with Crippen molar-refractivity contribution in [1.82, 2.24) is 4.90 Å². The average Bonchev–Trinajstić information content (AvgIpc) is 2.69. The normalized spacial score (nSPS) is 13.5. The number of carbonyl (C=O) groups is 2. The van der Waals surface area contributed by atoms with Gasteiger partial charge in [-0.25, -0.2) is 0 Å². The molecular formula is C22H26F2N2O2. The minimum Gasteiger partial charge on any atom is -0.338 e. The van der Waals surface area contributed by atoms with Crippen LogP contribution >= 0.6 is 0 Å². The van der Waals surface area contributed by atoms with Crippen LogP contribution in [0.4, 0.5) is 14.5 Å². The molecule has 2 rings (SSSR count). The Morgan fingerprint density at radius 3 is 1.93 bits per heavy atom. The van der Waals surface area contributed by atoms with Crippen LogP contribution < -0.4 is 5.32 Å². The van der Waals surface area contributed by atoms with Gasteiger partial charge in [-0.15, -0.1) is 0 Å². The Morgan fingerprint density at radius 2 is 1.43 bits per heavy atom. The molecule has 2 aromatic carbocycles. The van der Waals surface area contributed by atoms with Gasteiger partial charge in [-0.2, -0.15) is 8.78 Å². The quantitative estimate of drug-likeness (QED) is 0.725. The molecule has 0 aromatic heterocycles. The Labute approximate surface area is 164 Å². The van der Waals surface area contributed by atoms with E-state index in [0.717, 1.165) is 4.90 Å². The number of hydrogen-bond acceptors (Lipinski definition) is 2. The van der Waals surface area contributed by atoms with Gasteiger partial charge >= 0.3 is 5.92 Å². The zero-order valence-electron chi connectivity index (χ0n) is 16.4. The van der Waals surface area contributed by atoms with Gasteiger partial charge in [0.1, 0.15) is 0 Å². The predicted octanol–water partition coefficient (Wildman–Crippen LogP) is 4.48. The maximum atomic E-state index is 15.0. The Morgan fingerprint density at radius 1 is 0.929 bits per heavy atom. The van der Waals surface area contributed by atoms with Crippen LogP contribution in [0.3, 0.4) is 0 Å². The molecule has 2 amide bonds. The highest BCUT2D eigenvalue weighted by Gasteiger charge is 2.50. The van der Waals surface area contributed by atoms with E-state index in [1.807, 2.05) is 0 Å². The molecule has 0 saturated heterocycles. The second-order valence-electron chi connectivity index (χ2n) is 6.88. The van der Waals surface area contributed by atoms with Crippen LogP contribution in [-0.2, 0) is 15.0 Å². The summed E-state index contributed by atoms with van der Waals surface area (Å²) in [5.74, 6) is -5.52. The Hall–Kier alpha value is -2.76. The van der Waals surface area contributed by atoms with Crippen LogP contribution in [-0.4, -0.2) is 35.7 Å². The van der Waals surface area contributed by atoms with Crippen LogP contribution in [0.5, 0.6) is 0 Å². The Bertz CT molecular complexity index is 793. The molecule has 150 valence electrons. The molecule has 4 nitrogen and oxygen atoms in total. The number of nitrogens with zero attached hydrogens (tertiary/aromatic N) is 1. The zero-order valence-corrected chi connectivity index (χ0v) is 16.4. The van der Waals surface area contributed by atoms with Crippen LogP contribution in [0, 0.1) is 0 Å². The second kappa shape index (κ2) is 8.95. The summed E-state index contributed by atoms with van der Waals surface area (Å²) in [6.45, 7) is 5.11. The number of benzene rings is 2. The highest BCUT2D eigenvalue weighted by Crippen LogP contribution is 2.38. The van der Waals surface area contributed by atoms with Gasteiger partial charge in [-0.05, 0) is 38.5 Å². The fourth-order valence-corrected chi connectivity index (χ4v) is 3.17. The molecule has 0 radical (unpaired) electrons. The summed E-state index contributed by atoms with van der Waals surface area (Å²) in [6.07, 6.45) is -0.919. The van der Waals surface area contributed by atoms with E-state index in [4.69, 9.17) is 0 Å². The first-order chi connectivity index (χ1) is 13.2. The van der Waals surface area contributed by atoms with E-state index in [-0.39, 0.29) is 13.1 Å². The minimum atomic E-state index is -3.68. The van der Waals surface area contributed by atoms with E-state index in [0.29, 0.717) is 11.3 Å². The molecular weight excluding hydrogens is 362 g/mol. The van der Waals surface area contributed by atoms with Crippen molar-refractivity contribution in [2.45, 2.75) is 38.5 Å². The van der Waals surface area contributed by atoms with Gasteiger partial charge in [-0.1, -0.05) is 48.5 Å². The van der Waals surface area contributed by atoms with Gasteiger partial charge in [0.15, 0.2) is 0 Å². The van der Waals surface area contributed by atoms with Crippen molar-refractivity contribution in [3.8, 4) is 0 Å². The fraction of sp³-hybridized carbons (Fsp3) is 0.364. The summed E-state index contributed by atoms with van der Waals surface area (Å²) in [5.41, 5.74) is -0.660. The lowest BCUT2D eigenvalue weighted by atomic mass is 9.76. The molecule has 0 fully saturated rings. The van der Waals surface area contributed by atoms with Crippen molar-refractivity contribution < 1.29 is 18.4 Å². The number of anilines is 1. The highest BCUT2D eigenvalue weighted by atomic mass is 19.3. The maximum Gasteiger partial charge on any atom is 0.326 e. The van der Waals surface area contributed by atoms with Gasteiger partial charge in [0.25, 0.3) is 5.91 Å². The Kier molecular flexibility index (Phi) is 6.89. The Balaban J connectivity index is 2.39. The SMILES string of the molecule is CCN(CC)C(=O)C(F)(F)C[C@@](C)(C(=O)Nc1ccccc1)c1ccccc1. The number of para-hydroxylation sites is 1. The van der Waals surface area contributed by atoms with Gasteiger partial charge in [0.05, 0.1) is 5.41 Å². The third kappa shape index (κ3) is 4.74. The number of nitrogens with one attached hydrogen (secondary N) is 1. The van der Waals surface area contributed by atoms with Gasteiger partial charge in [0.2, 0.25) is 5.91 Å². The monoisotopic (exact) mass is 388 g/mol. The topological polar surface area (TPSA) is 49.4 Å². The number of halogens is 2. The van der Waals surface area contributed by atoms with Crippen molar-refractivity contribution in [2.24, 2.45) is 0 Å². The average molecular weight is 388 g/mol. The van der Waals surface area contributed by atoms with E-state index < -0.39 is 29.6 Å². The maximum absolute atomic E-state index is 15.0. The number of hydrogen-bond donors (Lipinski definition) is 1. The third-order valence-electron chi connectivity index (χ3n) is 4.88. The lowest BCUT2D eigenvalue weighted by molar-refractivity contribution is -0.160. The standard InChI is InChI=1S/C22H26F2N2O2/c1-4-26(5-2)20(28)22(23,24)16-21(3,17-12-8-6-9-13-17)19(27)25-18-14-10-7-11-15-18/h6-15H,4-5,16H2,1-3H3,(H,25,27)/t21-/m1/s1. The van der Waals surface area contributed by atoms with Gasteiger partial charge in [-0.3, -0.25) is 9.59 Å². The molecule has 0 heterocycles. The lowest BCUT2D eigenvalue weighted by Gasteiger charge is -2.34. The van der Waals surface area contributed by atoms with E-state index >= 15 is 0 Å². The largest absolute Gasteiger partial charge is 0.338 e. The molecule has 28 heavy (non-hydrogen) atoms. The molecule has 1 atom stereocenters. The van der Waals surface area contributed by atoms with Crippen LogP contribution in [0.25, 0.3) is 0 Å². The molecule has 0 aliphatic rings. The summed E-state index contributed by atoms with van der Waals surface area (Å²) >= 11 is 0. The molecule has 0 unspecified atom stereocenters. The summed E-state index contributed by atoms with van der Waals surface area (Å²) < 4.78 is 29.9. The third-order valence-corrected chi connectivity index (χ3v) is 4.88. The molecule has 0 saturated carbocycles. The van der Waals surface area contributed by atoms with E-state index in [1.54, 1.807) is 74.5 Å². The molecule has 1 N–H and O–H groups in total. The molecule has 6 heteroatoms. The lowest BCUT2D eigenvalue weighted by Crippen LogP contribution is -2.50. The van der Waals surface area contributed by atoms with Crippen molar-refractivity contribution in [3.05, 3.63) is 66.2 Å². The molecule has 0 bridgehead atoms. The minimum absolute atomic E-state index is 0.184. The van der Waals surface area contributed by atoms with Crippen molar-refractivity contribution in [2.75, 3.05) is 18.4 Å².